The molecule has 1 heterocycles. The molecule has 0 saturated carbocycles. The minimum atomic E-state index is -2.84. The van der Waals surface area contributed by atoms with Crippen LogP contribution in [0.1, 0.15) is 22.5 Å². The van der Waals surface area contributed by atoms with E-state index in [1.165, 1.54) is 0 Å². The van der Waals surface area contributed by atoms with Gasteiger partial charge >= 0.3 is 0 Å². The maximum Gasteiger partial charge on any atom is 0.281 e. The van der Waals surface area contributed by atoms with Crippen molar-refractivity contribution in [3.63, 3.8) is 0 Å². The third-order valence-corrected chi connectivity index (χ3v) is 2.19. The lowest BCUT2D eigenvalue weighted by Gasteiger charge is -2.04. The van der Waals surface area contributed by atoms with E-state index in [1.54, 1.807) is 0 Å². The molecule has 70 valence electrons. The number of hydrogen-bond acceptors (Lipinski definition) is 2. The third-order valence-electron chi connectivity index (χ3n) is 1.36. The first-order valence-electron chi connectivity index (χ1n) is 3.15. The van der Waals surface area contributed by atoms with E-state index in [0.29, 0.717) is 6.20 Å². The van der Waals surface area contributed by atoms with Gasteiger partial charge in [-0.15, -0.1) is 0 Å². The van der Waals surface area contributed by atoms with Gasteiger partial charge in [-0.1, -0.05) is 0 Å². The number of rotatable bonds is 2. The second-order valence-corrected chi connectivity index (χ2v) is 2.93. The summed E-state index contributed by atoms with van der Waals surface area (Å²) in [5, 5.41) is 0. The summed E-state index contributed by atoms with van der Waals surface area (Å²) < 4.78 is 36.7. The van der Waals surface area contributed by atoms with Crippen molar-refractivity contribution in [1.82, 2.24) is 4.98 Å². The van der Waals surface area contributed by atoms with E-state index in [2.05, 4.69) is 20.9 Å². The molecular formula is C7H3BrF3NO. The van der Waals surface area contributed by atoms with Crippen molar-refractivity contribution >= 4 is 22.2 Å². The number of alkyl halides is 2. The van der Waals surface area contributed by atoms with Crippen molar-refractivity contribution in [1.29, 1.82) is 0 Å². The molecule has 0 aliphatic heterocycles. The zero-order valence-electron chi connectivity index (χ0n) is 6.10. The van der Waals surface area contributed by atoms with Gasteiger partial charge in [-0.25, -0.2) is 13.2 Å². The van der Waals surface area contributed by atoms with Gasteiger partial charge in [0.05, 0.1) is 16.2 Å². The van der Waals surface area contributed by atoms with Gasteiger partial charge in [0.15, 0.2) is 12.1 Å². The number of pyridine rings is 1. The molecule has 13 heavy (non-hydrogen) atoms. The summed E-state index contributed by atoms with van der Waals surface area (Å²) in [5.74, 6) is -0.925. The van der Waals surface area contributed by atoms with Gasteiger partial charge in [-0.2, -0.15) is 0 Å². The molecule has 0 fully saturated rings. The predicted octanol–water partition coefficient (Wildman–Crippen LogP) is 2.73. The minimum Gasteiger partial charge on any atom is -0.298 e. The molecule has 0 unspecified atom stereocenters. The molecule has 0 spiro atoms. The summed E-state index contributed by atoms with van der Waals surface area (Å²) in [6.07, 6.45) is -2.09. The van der Waals surface area contributed by atoms with Crippen molar-refractivity contribution in [2.75, 3.05) is 0 Å². The molecule has 0 aromatic carbocycles. The lowest BCUT2D eigenvalue weighted by Crippen LogP contribution is -1.99. The Hall–Kier alpha value is -0.910. The molecule has 0 amide bonds. The van der Waals surface area contributed by atoms with Crippen LogP contribution in [0, 0.1) is 5.82 Å². The topological polar surface area (TPSA) is 30.0 Å². The lowest BCUT2D eigenvalue weighted by molar-refractivity contribution is 0.111. The summed E-state index contributed by atoms with van der Waals surface area (Å²) in [4.78, 5) is 13.4. The van der Waals surface area contributed by atoms with Crippen molar-refractivity contribution in [3.05, 3.63) is 27.7 Å². The molecular weight excluding hydrogens is 251 g/mol. The van der Waals surface area contributed by atoms with E-state index in [1.807, 2.05) is 0 Å². The number of halogens is 4. The zero-order chi connectivity index (χ0) is 10.0. The second kappa shape index (κ2) is 3.87. The summed E-state index contributed by atoms with van der Waals surface area (Å²) in [7, 11) is 0. The minimum absolute atomic E-state index is 0.160. The maximum absolute atomic E-state index is 12.7. The van der Waals surface area contributed by atoms with Gasteiger partial charge in [-0.3, -0.25) is 9.78 Å². The molecule has 0 saturated heterocycles. The van der Waals surface area contributed by atoms with E-state index in [9.17, 15) is 18.0 Å². The fourth-order valence-electron chi connectivity index (χ4n) is 0.755. The van der Waals surface area contributed by atoms with Crippen LogP contribution in [-0.4, -0.2) is 11.3 Å². The van der Waals surface area contributed by atoms with Crippen LogP contribution in [0.3, 0.4) is 0 Å². The first-order chi connectivity index (χ1) is 6.07. The number of carbonyl (C=O) groups excluding carboxylic acids is 1. The van der Waals surface area contributed by atoms with Crippen LogP contribution in [0.25, 0.3) is 0 Å². The average Bonchev–Trinajstić information content (AvgIpc) is 2.04. The van der Waals surface area contributed by atoms with Crippen molar-refractivity contribution in [3.8, 4) is 0 Å². The largest absolute Gasteiger partial charge is 0.298 e. The Kier molecular flexibility index (Phi) is 3.02. The van der Waals surface area contributed by atoms with Gasteiger partial charge in [0, 0.05) is 0 Å². The van der Waals surface area contributed by atoms with E-state index in [0.717, 1.165) is 0 Å². The van der Waals surface area contributed by atoms with Crippen molar-refractivity contribution in [2.45, 2.75) is 6.43 Å². The maximum atomic E-state index is 12.7. The highest BCUT2D eigenvalue weighted by molar-refractivity contribution is 9.10. The van der Waals surface area contributed by atoms with Crippen LogP contribution in [-0.2, 0) is 0 Å². The second-order valence-electron chi connectivity index (χ2n) is 2.14. The van der Waals surface area contributed by atoms with Gasteiger partial charge < -0.3 is 0 Å². The fraction of sp³-hybridized carbons (Fsp3) is 0.143. The van der Waals surface area contributed by atoms with Crippen LogP contribution in [0.5, 0.6) is 0 Å². The predicted molar refractivity (Wildman–Crippen MR) is 42.2 cm³/mol. The quantitative estimate of drug-likeness (QED) is 0.759. The number of carbonyl (C=O) groups is 1. The number of aromatic nitrogens is 1. The molecule has 1 aromatic heterocycles. The first-order valence-corrected chi connectivity index (χ1v) is 3.94. The molecule has 1 aromatic rings. The summed E-state index contributed by atoms with van der Waals surface area (Å²) in [6, 6.07) is 0. The Morgan fingerprint density at radius 1 is 1.54 bits per heavy atom. The van der Waals surface area contributed by atoms with E-state index >= 15 is 0 Å². The SMILES string of the molecule is O=Cc1c(F)cnc(C(F)F)c1Br. The molecule has 1 rings (SSSR count). The fourth-order valence-corrected chi connectivity index (χ4v) is 1.31. The Balaban J connectivity index is 3.35. The monoisotopic (exact) mass is 253 g/mol. The van der Waals surface area contributed by atoms with E-state index < -0.39 is 23.5 Å². The highest BCUT2D eigenvalue weighted by atomic mass is 79.9. The molecule has 0 aliphatic rings. The van der Waals surface area contributed by atoms with Crippen molar-refractivity contribution < 1.29 is 18.0 Å². The Labute approximate surface area is 79.9 Å². The average molecular weight is 254 g/mol. The number of hydrogen-bond donors (Lipinski definition) is 0. The molecule has 0 aliphatic carbocycles. The van der Waals surface area contributed by atoms with Crippen LogP contribution in [0.2, 0.25) is 0 Å². The molecule has 6 heteroatoms. The summed E-state index contributed by atoms with van der Waals surface area (Å²) >= 11 is 2.68. The van der Waals surface area contributed by atoms with Gasteiger partial charge in [-0.05, 0) is 15.9 Å². The van der Waals surface area contributed by atoms with Crippen LogP contribution < -0.4 is 0 Å². The van der Waals surface area contributed by atoms with Gasteiger partial charge in [0.25, 0.3) is 6.43 Å². The molecule has 0 N–H and O–H groups in total. The first kappa shape index (κ1) is 10.2. The van der Waals surface area contributed by atoms with Crippen LogP contribution >= 0.6 is 15.9 Å². The number of aldehydes is 1. The third kappa shape index (κ3) is 1.88. The van der Waals surface area contributed by atoms with Gasteiger partial charge in [0.2, 0.25) is 0 Å². The van der Waals surface area contributed by atoms with Crippen LogP contribution in [0.4, 0.5) is 13.2 Å². The summed E-state index contributed by atoms with van der Waals surface area (Å²) in [6.45, 7) is 0. The molecule has 0 bridgehead atoms. The smallest absolute Gasteiger partial charge is 0.281 e. The van der Waals surface area contributed by atoms with E-state index in [4.69, 9.17) is 0 Å². The molecule has 2 nitrogen and oxygen atoms in total. The van der Waals surface area contributed by atoms with Crippen molar-refractivity contribution in [2.24, 2.45) is 0 Å². The van der Waals surface area contributed by atoms with Gasteiger partial charge in [0.1, 0.15) is 5.69 Å². The van der Waals surface area contributed by atoms with E-state index in [-0.39, 0.29) is 10.8 Å². The molecule has 0 atom stereocenters. The Morgan fingerprint density at radius 3 is 2.62 bits per heavy atom. The molecule has 0 radical (unpaired) electrons. The summed E-state index contributed by atoms with van der Waals surface area (Å²) in [5.41, 5.74) is -1.08. The lowest BCUT2D eigenvalue weighted by atomic mass is 10.2. The Morgan fingerprint density at radius 2 is 2.15 bits per heavy atom. The highest BCUT2D eigenvalue weighted by Gasteiger charge is 2.18. The zero-order valence-corrected chi connectivity index (χ0v) is 7.69. The van der Waals surface area contributed by atoms with Crippen LogP contribution in [0.15, 0.2) is 10.7 Å². The number of nitrogens with zero attached hydrogens (tertiary/aromatic N) is 1. The normalized spacial score (nSPS) is 10.5. The standard InChI is InChI=1S/C7H3BrF3NO/c8-5-3(2-13)4(9)1-12-6(5)7(10)11/h1-2,7H. The Bertz CT molecular complexity index is 343. The highest BCUT2D eigenvalue weighted by Crippen LogP contribution is 2.28.